The number of piperazine rings is 1. The number of aromatic nitrogens is 1. The van der Waals surface area contributed by atoms with Crippen LogP contribution in [0, 0.1) is 5.41 Å². The van der Waals surface area contributed by atoms with E-state index in [0.29, 0.717) is 45.1 Å². The van der Waals surface area contributed by atoms with Gasteiger partial charge in [-0.25, -0.2) is 4.72 Å². The van der Waals surface area contributed by atoms with Crippen LogP contribution in [0.3, 0.4) is 0 Å². The summed E-state index contributed by atoms with van der Waals surface area (Å²) in [6, 6.07) is 11.6. The molecule has 1 saturated heterocycles. The molecule has 2 unspecified atom stereocenters. The van der Waals surface area contributed by atoms with Crippen LogP contribution >= 0.6 is 0 Å². The molecule has 2 aliphatic carbocycles. The van der Waals surface area contributed by atoms with Gasteiger partial charge in [-0.3, -0.25) is 9.59 Å². The lowest BCUT2D eigenvalue weighted by Gasteiger charge is -2.31. The highest BCUT2D eigenvalue weighted by molar-refractivity contribution is 7.87. The summed E-state index contributed by atoms with van der Waals surface area (Å²) in [6.07, 6.45) is 6.36. The highest BCUT2D eigenvalue weighted by Crippen LogP contribution is 2.66. The minimum atomic E-state index is -3.99. The molecule has 2 aromatic carbocycles. The first-order valence-corrected chi connectivity index (χ1v) is 17.0. The quantitative estimate of drug-likeness (QED) is 0.411. The van der Waals surface area contributed by atoms with Crippen LogP contribution in [0.15, 0.2) is 36.4 Å². The third-order valence-electron chi connectivity index (χ3n) is 10.4. The summed E-state index contributed by atoms with van der Waals surface area (Å²) in [7, 11) is 1.05. The van der Waals surface area contributed by atoms with E-state index in [1.165, 1.54) is 23.4 Å². The number of ether oxygens (including phenoxy) is 2. The van der Waals surface area contributed by atoms with Crippen molar-refractivity contribution in [3.63, 3.8) is 0 Å². The highest BCUT2D eigenvalue weighted by atomic mass is 32.2. The zero-order valence-corrected chi connectivity index (χ0v) is 26.4. The van der Waals surface area contributed by atoms with Crippen molar-refractivity contribution in [3.8, 4) is 17.0 Å². The van der Waals surface area contributed by atoms with Crippen molar-refractivity contribution in [1.29, 1.82) is 0 Å². The number of hydrogen-bond acceptors (Lipinski definition) is 7. The van der Waals surface area contributed by atoms with E-state index in [1.807, 2.05) is 19.2 Å². The van der Waals surface area contributed by atoms with Gasteiger partial charge < -0.3 is 18.9 Å². The Morgan fingerprint density at radius 1 is 0.977 bits per heavy atom. The molecule has 7 rings (SSSR count). The van der Waals surface area contributed by atoms with Crippen LogP contribution < -0.4 is 9.46 Å². The number of nitrogens with zero attached hydrogens (tertiary/aromatic N) is 3. The number of carbonyl (C=O) groups excluding carboxylic acids is 2. The maximum absolute atomic E-state index is 13.5. The summed E-state index contributed by atoms with van der Waals surface area (Å²) in [4.78, 5) is 28.9. The van der Waals surface area contributed by atoms with Crippen molar-refractivity contribution < 1.29 is 27.5 Å². The van der Waals surface area contributed by atoms with E-state index in [2.05, 4.69) is 26.3 Å². The van der Waals surface area contributed by atoms with Crippen LogP contribution in [0.1, 0.15) is 71.8 Å². The first kappa shape index (κ1) is 29.3. The number of amides is 1. The molecule has 2 atom stereocenters. The van der Waals surface area contributed by atoms with Gasteiger partial charge in [-0.15, -0.1) is 0 Å². The van der Waals surface area contributed by atoms with E-state index in [1.54, 1.807) is 19.2 Å². The molecule has 44 heavy (non-hydrogen) atoms. The lowest BCUT2D eigenvalue weighted by molar-refractivity contribution is -0.147. The SMILES string of the molecule is COC(=O)C12CC1c1cc(OC)ccc1-c1c(C3CCCCC3)c3ccc(C(=O)NS(=O)(=O)N4CCN(C)CC4)cc3n1C2. The summed E-state index contributed by atoms with van der Waals surface area (Å²) >= 11 is 0. The third kappa shape index (κ3) is 4.71. The zero-order valence-electron chi connectivity index (χ0n) is 25.6. The van der Waals surface area contributed by atoms with Crippen molar-refractivity contribution in [1.82, 2.24) is 18.5 Å². The molecule has 1 aromatic heterocycles. The fourth-order valence-corrected chi connectivity index (χ4v) is 9.01. The number of benzene rings is 2. The number of carbonyl (C=O) groups is 2. The number of rotatable bonds is 6. The van der Waals surface area contributed by atoms with Crippen LogP contribution in [0.25, 0.3) is 22.2 Å². The second kappa shape index (κ2) is 10.9. The first-order chi connectivity index (χ1) is 21.2. The third-order valence-corrected chi connectivity index (χ3v) is 11.9. The molecule has 4 aliphatic rings. The molecule has 3 heterocycles. The summed E-state index contributed by atoms with van der Waals surface area (Å²) < 4.78 is 43.1. The van der Waals surface area contributed by atoms with Gasteiger partial charge in [-0.05, 0) is 73.7 Å². The number of esters is 1. The lowest BCUT2D eigenvalue weighted by atomic mass is 9.81. The number of methoxy groups -OCH3 is 2. The van der Waals surface area contributed by atoms with Crippen molar-refractivity contribution in [2.75, 3.05) is 47.4 Å². The average Bonchev–Trinajstić information content (AvgIpc) is 3.70. The Kier molecular flexibility index (Phi) is 7.25. The van der Waals surface area contributed by atoms with Gasteiger partial charge in [0, 0.05) is 60.7 Å². The zero-order chi connectivity index (χ0) is 30.8. The molecule has 10 nitrogen and oxygen atoms in total. The number of likely N-dealkylation sites (N-methyl/N-ethyl adjacent to an activating group) is 1. The van der Waals surface area contributed by atoms with Crippen LogP contribution in [-0.2, 0) is 26.3 Å². The average molecular weight is 621 g/mol. The molecule has 0 spiro atoms. The Balaban J connectivity index is 1.37. The van der Waals surface area contributed by atoms with E-state index in [-0.39, 0.29) is 17.5 Å². The fraction of sp³-hybridized carbons (Fsp3) is 0.515. The summed E-state index contributed by atoms with van der Waals surface area (Å²) in [5.74, 6) is 0.190. The Bertz CT molecular complexity index is 1750. The van der Waals surface area contributed by atoms with Crippen molar-refractivity contribution in [3.05, 3.63) is 53.1 Å². The standard InChI is InChI=1S/C33H40N4O6S/c1-35-13-15-36(16-14-35)44(40,41)34-31(38)22-9-11-25-28(17-22)37-20-33(32(39)43-3)19-27(33)26-18-23(42-2)10-12-24(26)30(37)29(25)21-7-5-4-6-8-21/h9-12,17-18,21,27H,4-8,13-16,19-20H2,1-3H3,(H,34,38). The summed E-state index contributed by atoms with van der Waals surface area (Å²) in [5, 5.41) is 1.05. The van der Waals surface area contributed by atoms with E-state index in [0.717, 1.165) is 59.2 Å². The Hall–Kier alpha value is -3.41. The molecule has 0 bridgehead atoms. The second-order valence-corrected chi connectivity index (χ2v) is 14.6. The van der Waals surface area contributed by atoms with E-state index >= 15 is 0 Å². The Labute approximate surface area is 258 Å². The molecule has 2 aliphatic heterocycles. The fourth-order valence-electron chi connectivity index (χ4n) is 7.88. The minimum Gasteiger partial charge on any atom is -0.497 e. The van der Waals surface area contributed by atoms with Gasteiger partial charge in [0.2, 0.25) is 0 Å². The molecule has 0 radical (unpaired) electrons. The van der Waals surface area contributed by atoms with Gasteiger partial charge >= 0.3 is 16.2 Å². The van der Waals surface area contributed by atoms with Crippen molar-refractivity contribution >= 4 is 33.0 Å². The molecular formula is C33H40N4O6S. The van der Waals surface area contributed by atoms with Gasteiger partial charge in [0.25, 0.3) is 5.91 Å². The summed E-state index contributed by atoms with van der Waals surface area (Å²) in [6.45, 7) is 2.30. The highest BCUT2D eigenvalue weighted by Gasteiger charge is 2.64. The van der Waals surface area contributed by atoms with E-state index in [4.69, 9.17) is 9.47 Å². The van der Waals surface area contributed by atoms with E-state index in [9.17, 15) is 18.0 Å². The van der Waals surface area contributed by atoms with Crippen LogP contribution in [-0.4, -0.2) is 81.5 Å². The minimum absolute atomic E-state index is 0.00517. The predicted octanol–water partition coefficient (Wildman–Crippen LogP) is 4.25. The van der Waals surface area contributed by atoms with Crippen LogP contribution in [0.4, 0.5) is 0 Å². The number of hydrogen-bond donors (Lipinski definition) is 1. The number of nitrogens with one attached hydrogen (secondary N) is 1. The van der Waals surface area contributed by atoms with Crippen LogP contribution in [0.2, 0.25) is 0 Å². The van der Waals surface area contributed by atoms with Gasteiger partial charge in [0.05, 0.1) is 25.3 Å². The molecule has 11 heteroatoms. The van der Waals surface area contributed by atoms with Gasteiger partial charge in [0.15, 0.2) is 0 Å². The molecule has 3 fully saturated rings. The molecule has 1 amide bonds. The normalized spacial score (nSPS) is 24.1. The molecule has 3 aromatic rings. The van der Waals surface area contributed by atoms with Crippen molar-refractivity contribution in [2.24, 2.45) is 5.41 Å². The lowest BCUT2D eigenvalue weighted by Crippen LogP contribution is -2.52. The van der Waals surface area contributed by atoms with Crippen molar-refractivity contribution in [2.45, 2.75) is 56.9 Å². The predicted molar refractivity (Wildman–Crippen MR) is 167 cm³/mol. The topological polar surface area (TPSA) is 110 Å². The molecular weight excluding hydrogens is 580 g/mol. The van der Waals surface area contributed by atoms with Gasteiger partial charge in [0.1, 0.15) is 5.75 Å². The van der Waals surface area contributed by atoms with Gasteiger partial charge in [-0.2, -0.15) is 12.7 Å². The Morgan fingerprint density at radius 2 is 1.73 bits per heavy atom. The molecule has 2 saturated carbocycles. The number of fused-ring (bicyclic) bond motifs is 7. The van der Waals surface area contributed by atoms with Crippen LogP contribution in [0.5, 0.6) is 5.75 Å². The molecule has 234 valence electrons. The first-order valence-electron chi connectivity index (χ1n) is 15.6. The monoisotopic (exact) mass is 620 g/mol. The summed E-state index contributed by atoms with van der Waals surface area (Å²) in [5.41, 5.74) is 4.89. The smallest absolute Gasteiger partial charge is 0.314 e. The maximum Gasteiger partial charge on any atom is 0.314 e. The van der Waals surface area contributed by atoms with Gasteiger partial charge in [-0.1, -0.05) is 25.3 Å². The van der Waals surface area contributed by atoms with E-state index < -0.39 is 21.5 Å². The maximum atomic E-state index is 13.5. The largest absolute Gasteiger partial charge is 0.497 e. The second-order valence-electron chi connectivity index (χ2n) is 12.9. The Morgan fingerprint density at radius 3 is 2.43 bits per heavy atom. The molecule has 1 N–H and O–H groups in total.